The minimum Gasteiger partial charge on any atom is -0.341 e. The van der Waals surface area contributed by atoms with Crippen LogP contribution >= 0.6 is 0 Å². The van der Waals surface area contributed by atoms with Crippen molar-refractivity contribution in [2.75, 3.05) is 13.1 Å². The van der Waals surface area contributed by atoms with Crippen molar-refractivity contribution in [1.82, 2.24) is 14.5 Å². The van der Waals surface area contributed by atoms with Crippen molar-refractivity contribution in [1.29, 1.82) is 0 Å². The van der Waals surface area contributed by atoms with Crippen molar-refractivity contribution in [3.63, 3.8) is 0 Å². The molecule has 0 aliphatic carbocycles. The number of nitrogens with zero attached hydrogens (tertiary/aromatic N) is 3. The summed E-state index contributed by atoms with van der Waals surface area (Å²) in [6, 6.07) is 0.126. The Morgan fingerprint density at radius 1 is 1.53 bits per heavy atom. The van der Waals surface area contributed by atoms with Crippen molar-refractivity contribution in [3.05, 3.63) is 18.7 Å². The lowest BCUT2D eigenvalue weighted by Gasteiger charge is -2.34. The second-order valence-corrected chi connectivity index (χ2v) is 4.84. The van der Waals surface area contributed by atoms with Crippen LogP contribution in [0.5, 0.6) is 0 Å². The molecule has 1 aliphatic heterocycles. The van der Waals surface area contributed by atoms with E-state index in [1.165, 1.54) is 0 Å². The molecular formula is C12H20N4O. The van der Waals surface area contributed by atoms with Gasteiger partial charge < -0.3 is 15.2 Å². The summed E-state index contributed by atoms with van der Waals surface area (Å²) in [4.78, 5) is 17.7. The highest BCUT2D eigenvalue weighted by Crippen LogP contribution is 2.16. The van der Waals surface area contributed by atoms with E-state index in [0.29, 0.717) is 18.9 Å². The summed E-state index contributed by atoms with van der Waals surface area (Å²) < 4.78 is 2.02. The molecule has 5 heteroatoms. The molecule has 2 unspecified atom stereocenters. The van der Waals surface area contributed by atoms with Gasteiger partial charge in [0.05, 0.1) is 6.33 Å². The summed E-state index contributed by atoms with van der Waals surface area (Å²) in [5, 5.41) is 0. The quantitative estimate of drug-likeness (QED) is 0.826. The molecule has 5 nitrogen and oxygen atoms in total. The minimum absolute atomic E-state index is 0.126. The molecule has 2 heterocycles. The summed E-state index contributed by atoms with van der Waals surface area (Å²) in [6.45, 7) is 4.43. The molecule has 1 saturated heterocycles. The van der Waals surface area contributed by atoms with Crippen LogP contribution in [0.15, 0.2) is 18.7 Å². The van der Waals surface area contributed by atoms with Gasteiger partial charge in [-0.3, -0.25) is 4.79 Å². The molecule has 0 aromatic carbocycles. The van der Waals surface area contributed by atoms with Gasteiger partial charge in [-0.25, -0.2) is 4.98 Å². The second kappa shape index (κ2) is 5.31. The molecule has 0 spiro atoms. The highest BCUT2D eigenvalue weighted by Gasteiger charge is 2.28. The number of aryl methyl sites for hydroxylation is 1. The maximum absolute atomic E-state index is 11.8. The van der Waals surface area contributed by atoms with E-state index in [4.69, 9.17) is 5.73 Å². The number of likely N-dealkylation sites (tertiary alicyclic amines) is 1. The Kier molecular flexibility index (Phi) is 3.78. The lowest BCUT2D eigenvalue weighted by atomic mass is 9.93. The van der Waals surface area contributed by atoms with Gasteiger partial charge in [0.15, 0.2) is 0 Å². The van der Waals surface area contributed by atoms with Crippen molar-refractivity contribution in [2.24, 2.45) is 11.7 Å². The molecule has 0 bridgehead atoms. The Labute approximate surface area is 102 Å². The van der Waals surface area contributed by atoms with Crippen molar-refractivity contribution in [3.8, 4) is 0 Å². The van der Waals surface area contributed by atoms with Crippen molar-refractivity contribution in [2.45, 2.75) is 32.4 Å². The highest BCUT2D eigenvalue weighted by atomic mass is 16.2. The second-order valence-electron chi connectivity index (χ2n) is 4.84. The molecular weight excluding hydrogens is 216 g/mol. The Hall–Kier alpha value is -1.36. The standard InChI is InChI=1S/C12H20N4O/c1-10-7-12(17)16(8-11(10)13)5-2-4-15-6-3-14-9-15/h3,6,9-11H,2,4-5,7-8,13H2,1H3. The van der Waals surface area contributed by atoms with Crippen LogP contribution in [0.3, 0.4) is 0 Å². The average Bonchev–Trinajstić information content (AvgIpc) is 2.78. The first kappa shape index (κ1) is 12.1. The zero-order valence-corrected chi connectivity index (χ0v) is 10.2. The van der Waals surface area contributed by atoms with E-state index in [-0.39, 0.29) is 11.9 Å². The first-order valence-electron chi connectivity index (χ1n) is 6.16. The average molecular weight is 236 g/mol. The summed E-state index contributed by atoms with van der Waals surface area (Å²) in [5.74, 6) is 0.553. The van der Waals surface area contributed by atoms with E-state index >= 15 is 0 Å². The van der Waals surface area contributed by atoms with E-state index < -0.39 is 0 Å². The predicted molar refractivity (Wildman–Crippen MR) is 65.2 cm³/mol. The van der Waals surface area contributed by atoms with Gasteiger partial charge in [-0.1, -0.05) is 6.92 Å². The lowest BCUT2D eigenvalue weighted by Crippen LogP contribution is -2.50. The highest BCUT2D eigenvalue weighted by molar-refractivity contribution is 5.77. The molecule has 17 heavy (non-hydrogen) atoms. The number of imidazole rings is 1. The van der Waals surface area contributed by atoms with E-state index in [9.17, 15) is 4.79 Å². The van der Waals surface area contributed by atoms with Crippen molar-refractivity contribution >= 4 is 5.91 Å². The van der Waals surface area contributed by atoms with Gasteiger partial charge in [0.1, 0.15) is 0 Å². The van der Waals surface area contributed by atoms with Gasteiger partial charge in [0.25, 0.3) is 0 Å². The van der Waals surface area contributed by atoms with Crippen LogP contribution in [-0.2, 0) is 11.3 Å². The predicted octanol–water partition coefficient (Wildman–Crippen LogP) is 0.469. The molecule has 1 aromatic rings. The van der Waals surface area contributed by atoms with Gasteiger partial charge in [0.2, 0.25) is 5.91 Å². The zero-order valence-electron chi connectivity index (χ0n) is 10.2. The van der Waals surface area contributed by atoms with E-state index in [1.807, 2.05) is 22.6 Å². The number of amides is 1. The molecule has 1 aromatic heterocycles. The molecule has 2 atom stereocenters. The smallest absolute Gasteiger partial charge is 0.222 e. The minimum atomic E-state index is 0.126. The zero-order chi connectivity index (χ0) is 12.3. The maximum Gasteiger partial charge on any atom is 0.222 e. The van der Waals surface area contributed by atoms with E-state index in [1.54, 1.807) is 12.5 Å². The Balaban J connectivity index is 1.77. The monoisotopic (exact) mass is 236 g/mol. The number of carbonyl (C=O) groups excluding carboxylic acids is 1. The first-order valence-corrected chi connectivity index (χ1v) is 6.16. The van der Waals surface area contributed by atoms with Crippen LogP contribution in [0.25, 0.3) is 0 Å². The van der Waals surface area contributed by atoms with Crippen molar-refractivity contribution < 1.29 is 4.79 Å². The molecule has 1 amide bonds. The third-order valence-electron chi connectivity index (χ3n) is 3.41. The Bertz CT molecular complexity index is 363. The summed E-state index contributed by atoms with van der Waals surface area (Å²) >= 11 is 0. The molecule has 2 rings (SSSR count). The molecule has 0 saturated carbocycles. The Morgan fingerprint density at radius 2 is 2.35 bits per heavy atom. The number of rotatable bonds is 4. The molecule has 1 fully saturated rings. The number of carbonyl (C=O) groups is 1. The number of hydrogen-bond acceptors (Lipinski definition) is 3. The SMILES string of the molecule is CC1CC(=O)N(CCCn2ccnc2)CC1N. The fraction of sp³-hybridized carbons (Fsp3) is 0.667. The largest absolute Gasteiger partial charge is 0.341 e. The van der Waals surface area contributed by atoms with Crippen LogP contribution < -0.4 is 5.73 Å². The molecule has 0 radical (unpaired) electrons. The number of nitrogens with two attached hydrogens (primary N) is 1. The van der Waals surface area contributed by atoms with Gasteiger partial charge in [-0.2, -0.15) is 0 Å². The lowest BCUT2D eigenvalue weighted by molar-refractivity contribution is -0.135. The van der Waals surface area contributed by atoms with Gasteiger partial charge in [0, 0.05) is 44.5 Å². The van der Waals surface area contributed by atoms with Crippen LogP contribution in [0.4, 0.5) is 0 Å². The number of aromatic nitrogens is 2. The van der Waals surface area contributed by atoms with Gasteiger partial charge in [-0.15, -0.1) is 0 Å². The third kappa shape index (κ3) is 3.06. The van der Waals surface area contributed by atoms with E-state index in [0.717, 1.165) is 19.5 Å². The van der Waals surface area contributed by atoms with Crippen LogP contribution in [0.2, 0.25) is 0 Å². The van der Waals surface area contributed by atoms with E-state index in [2.05, 4.69) is 4.98 Å². The number of piperidine rings is 1. The summed E-state index contributed by atoms with van der Waals surface area (Å²) in [7, 11) is 0. The normalized spacial score (nSPS) is 25.3. The topological polar surface area (TPSA) is 64.2 Å². The number of hydrogen-bond donors (Lipinski definition) is 1. The summed E-state index contributed by atoms with van der Waals surface area (Å²) in [5.41, 5.74) is 5.99. The van der Waals surface area contributed by atoms with Crippen LogP contribution in [0.1, 0.15) is 19.8 Å². The third-order valence-corrected chi connectivity index (χ3v) is 3.41. The molecule has 1 aliphatic rings. The summed E-state index contributed by atoms with van der Waals surface area (Å²) in [6.07, 6.45) is 7.04. The van der Waals surface area contributed by atoms with Crippen LogP contribution in [-0.4, -0.2) is 39.5 Å². The van der Waals surface area contributed by atoms with Crippen LogP contribution in [0, 0.1) is 5.92 Å². The maximum atomic E-state index is 11.8. The van der Waals surface area contributed by atoms with Gasteiger partial charge in [-0.05, 0) is 12.3 Å². The first-order chi connectivity index (χ1) is 8.16. The molecule has 2 N–H and O–H groups in total. The fourth-order valence-corrected chi connectivity index (χ4v) is 2.17. The Morgan fingerprint density at radius 3 is 3.06 bits per heavy atom. The molecule has 94 valence electrons. The van der Waals surface area contributed by atoms with Gasteiger partial charge >= 0.3 is 0 Å². The fourth-order valence-electron chi connectivity index (χ4n) is 2.17.